The van der Waals surface area contributed by atoms with Gasteiger partial charge in [0.05, 0.1) is 12.0 Å². The van der Waals surface area contributed by atoms with Gasteiger partial charge >= 0.3 is 0 Å². The molecule has 1 amide bonds. The zero-order valence-electron chi connectivity index (χ0n) is 27.5. The first-order chi connectivity index (χ1) is 23.9. The molecule has 0 bridgehead atoms. The fourth-order valence-electron chi connectivity index (χ4n) is 6.95. The van der Waals surface area contributed by atoms with Crippen molar-refractivity contribution >= 4 is 33.8 Å². The normalized spacial score (nSPS) is 20.7. The third-order valence-electron chi connectivity index (χ3n) is 9.68. The van der Waals surface area contributed by atoms with Crippen molar-refractivity contribution in [2.24, 2.45) is 0 Å². The molecule has 1 saturated carbocycles. The second-order valence-corrected chi connectivity index (χ2v) is 13.2. The van der Waals surface area contributed by atoms with Crippen molar-refractivity contribution in [2.45, 2.75) is 70.2 Å². The highest BCUT2D eigenvalue weighted by Crippen LogP contribution is 2.36. The fourth-order valence-corrected chi connectivity index (χ4v) is 6.95. The number of carbonyl (C=O) groups is 1. The number of para-hydroxylation sites is 1. The van der Waals surface area contributed by atoms with E-state index in [1.54, 1.807) is 4.57 Å². The largest absolute Gasteiger partial charge is 0.387 e. The lowest BCUT2D eigenvalue weighted by atomic mass is 10.0. The standard InChI is InChI=1S/C38H39N7O4/c1-22-12-13-23(2)25(18-22)19-44-29-11-7-6-10-27(29)28(31(44)24-8-4-3-5-9-24)16-17-39-35-30-36(41-20-40-35)45(21-42-30)38-33(47)32(46)34(49-38)37(48)43-26-14-15-26/h3-13,18,20-21,26,32-34,38,46-47H,14-17,19H2,1-2H3,(H,43,48)(H,39,40,41)/t32-,33+,34-,38+/m0/s1. The maximum Gasteiger partial charge on any atom is 0.252 e. The SMILES string of the molecule is Cc1ccc(C)c(Cn2c(-c3ccccc3)c(CCNc3ncnc4c3ncn4[C@@H]3O[C@H](C(=O)NC4CC4)[C@@H](O)[C@H]3O)c3ccccc32)c1. The molecule has 0 unspecified atom stereocenters. The highest BCUT2D eigenvalue weighted by Gasteiger charge is 2.48. The molecule has 1 saturated heterocycles. The minimum absolute atomic E-state index is 0.104. The summed E-state index contributed by atoms with van der Waals surface area (Å²) in [7, 11) is 0. The van der Waals surface area contributed by atoms with Crippen LogP contribution in [-0.4, -0.2) is 71.1 Å². The van der Waals surface area contributed by atoms with E-state index in [1.807, 2.05) is 6.07 Å². The first kappa shape index (κ1) is 31.2. The second-order valence-electron chi connectivity index (χ2n) is 13.2. The van der Waals surface area contributed by atoms with Crippen LogP contribution >= 0.6 is 0 Å². The number of nitrogens with one attached hydrogen (secondary N) is 2. The van der Waals surface area contributed by atoms with E-state index in [0.717, 1.165) is 24.9 Å². The molecule has 6 aromatic rings. The number of fused-ring (bicyclic) bond motifs is 2. The van der Waals surface area contributed by atoms with Crippen molar-refractivity contribution < 1.29 is 19.7 Å². The molecule has 0 spiro atoms. The van der Waals surface area contributed by atoms with Crippen molar-refractivity contribution in [1.29, 1.82) is 0 Å². The van der Waals surface area contributed by atoms with Gasteiger partial charge in [-0.3, -0.25) is 9.36 Å². The molecule has 11 nitrogen and oxygen atoms in total. The molecule has 3 aromatic carbocycles. The Balaban J connectivity index is 1.08. The number of anilines is 1. The van der Waals surface area contributed by atoms with Crippen LogP contribution < -0.4 is 10.6 Å². The van der Waals surface area contributed by atoms with E-state index in [1.165, 1.54) is 51.5 Å². The van der Waals surface area contributed by atoms with Gasteiger partial charge in [-0.1, -0.05) is 72.3 Å². The third-order valence-corrected chi connectivity index (χ3v) is 9.68. The summed E-state index contributed by atoms with van der Waals surface area (Å²) in [5.41, 5.74) is 9.48. The number of aliphatic hydroxyl groups excluding tert-OH is 2. The topological polar surface area (TPSA) is 139 Å². The number of ether oxygens (including phenoxy) is 1. The molecule has 1 aliphatic heterocycles. The van der Waals surface area contributed by atoms with E-state index in [4.69, 9.17) is 4.74 Å². The van der Waals surface area contributed by atoms with Gasteiger partial charge in [0.15, 0.2) is 29.3 Å². The Kier molecular flexibility index (Phi) is 8.11. The van der Waals surface area contributed by atoms with Crippen molar-refractivity contribution in [1.82, 2.24) is 29.4 Å². The van der Waals surface area contributed by atoms with Crippen molar-refractivity contribution in [3.05, 3.63) is 108 Å². The molecule has 4 atom stereocenters. The highest BCUT2D eigenvalue weighted by molar-refractivity contribution is 5.92. The van der Waals surface area contributed by atoms with Crippen LogP contribution in [0.1, 0.15) is 41.3 Å². The number of imidazole rings is 1. The zero-order valence-corrected chi connectivity index (χ0v) is 27.5. The molecular formula is C38H39N7O4. The van der Waals surface area contributed by atoms with Crippen LogP contribution in [0.25, 0.3) is 33.3 Å². The maximum atomic E-state index is 12.7. The minimum atomic E-state index is -1.38. The van der Waals surface area contributed by atoms with E-state index in [0.29, 0.717) is 29.9 Å². The summed E-state index contributed by atoms with van der Waals surface area (Å²) in [5.74, 6) is 0.114. The van der Waals surface area contributed by atoms with Gasteiger partial charge in [0.1, 0.15) is 18.5 Å². The number of nitrogens with zero attached hydrogens (tertiary/aromatic N) is 5. The minimum Gasteiger partial charge on any atom is -0.387 e. The lowest BCUT2D eigenvalue weighted by Crippen LogP contribution is -2.43. The number of hydrogen-bond acceptors (Lipinski definition) is 8. The summed E-state index contributed by atoms with van der Waals surface area (Å²) in [5, 5.41) is 29.0. The maximum absolute atomic E-state index is 12.7. The van der Waals surface area contributed by atoms with Gasteiger partial charge in [0.2, 0.25) is 0 Å². The second kappa shape index (κ2) is 12.7. The highest BCUT2D eigenvalue weighted by atomic mass is 16.6. The van der Waals surface area contributed by atoms with Crippen LogP contribution in [0.5, 0.6) is 0 Å². The molecule has 2 fully saturated rings. The summed E-state index contributed by atoms with van der Waals surface area (Å²) in [6.07, 6.45) is 0.523. The average Bonchev–Trinajstić information content (AvgIpc) is 3.63. The Bertz CT molecular complexity index is 2160. The fraction of sp³-hybridized carbons (Fsp3) is 0.316. The van der Waals surface area contributed by atoms with E-state index in [-0.39, 0.29) is 6.04 Å². The predicted octanol–water partition coefficient (Wildman–Crippen LogP) is 4.67. The number of rotatable bonds is 10. The molecule has 11 heteroatoms. The van der Waals surface area contributed by atoms with Crippen LogP contribution in [0.4, 0.5) is 5.82 Å². The Morgan fingerprint density at radius 3 is 2.57 bits per heavy atom. The van der Waals surface area contributed by atoms with Crippen molar-refractivity contribution in [3.63, 3.8) is 0 Å². The third kappa shape index (κ3) is 5.83. The van der Waals surface area contributed by atoms with Crippen molar-refractivity contribution in [2.75, 3.05) is 11.9 Å². The van der Waals surface area contributed by atoms with Gasteiger partial charge in [-0.05, 0) is 61.4 Å². The summed E-state index contributed by atoms with van der Waals surface area (Å²) < 4.78 is 9.88. The van der Waals surface area contributed by atoms with Gasteiger partial charge in [-0.15, -0.1) is 0 Å². The molecule has 2 aliphatic rings. The van der Waals surface area contributed by atoms with Crippen LogP contribution in [0.15, 0.2) is 85.5 Å². The molecule has 0 radical (unpaired) electrons. The molecule has 3 aromatic heterocycles. The monoisotopic (exact) mass is 657 g/mol. The van der Waals surface area contributed by atoms with E-state index in [9.17, 15) is 15.0 Å². The number of hydrogen-bond donors (Lipinski definition) is 4. The average molecular weight is 658 g/mol. The predicted molar refractivity (Wildman–Crippen MR) is 187 cm³/mol. The lowest BCUT2D eigenvalue weighted by Gasteiger charge is -2.16. The Hall–Kier alpha value is -5.10. The molecule has 1 aliphatic carbocycles. The first-order valence-electron chi connectivity index (χ1n) is 16.8. The molecule has 4 N–H and O–H groups in total. The number of benzene rings is 3. The number of aromatic nitrogens is 5. The number of aryl methyl sites for hydroxylation is 2. The van der Waals surface area contributed by atoms with Gasteiger partial charge in [-0.2, -0.15) is 0 Å². The number of amides is 1. The smallest absolute Gasteiger partial charge is 0.252 e. The van der Waals surface area contributed by atoms with Gasteiger partial charge in [0, 0.05) is 30.0 Å². The summed E-state index contributed by atoms with van der Waals surface area (Å²) in [4.78, 5) is 26.1. The van der Waals surface area contributed by atoms with Gasteiger partial charge in [-0.25, -0.2) is 15.0 Å². The molecular weight excluding hydrogens is 618 g/mol. The Morgan fingerprint density at radius 2 is 1.76 bits per heavy atom. The molecule has 4 heterocycles. The number of carbonyl (C=O) groups excluding carboxylic acids is 1. The van der Waals surface area contributed by atoms with E-state index >= 15 is 0 Å². The number of aliphatic hydroxyl groups is 2. The quantitative estimate of drug-likeness (QED) is 0.167. The lowest BCUT2D eigenvalue weighted by molar-refractivity contribution is -0.137. The van der Waals surface area contributed by atoms with Crippen LogP contribution in [-0.2, 0) is 22.5 Å². The van der Waals surface area contributed by atoms with Crippen LogP contribution in [0.2, 0.25) is 0 Å². The van der Waals surface area contributed by atoms with Crippen LogP contribution in [0, 0.1) is 13.8 Å². The summed E-state index contributed by atoms with van der Waals surface area (Å²) in [6, 6.07) is 25.9. The van der Waals surface area contributed by atoms with Gasteiger partial charge in [0.25, 0.3) is 5.91 Å². The molecule has 250 valence electrons. The van der Waals surface area contributed by atoms with Crippen molar-refractivity contribution in [3.8, 4) is 11.3 Å². The Morgan fingerprint density at radius 1 is 0.959 bits per heavy atom. The van der Waals surface area contributed by atoms with E-state index < -0.39 is 30.4 Å². The molecule has 49 heavy (non-hydrogen) atoms. The molecule has 8 rings (SSSR count). The first-order valence-corrected chi connectivity index (χ1v) is 16.8. The summed E-state index contributed by atoms with van der Waals surface area (Å²) in [6.45, 7) is 5.63. The summed E-state index contributed by atoms with van der Waals surface area (Å²) >= 11 is 0. The zero-order chi connectivity index (χ0) is 33.6. The Labute approximate surface area is 283 Å². The van der Waals surface area contributed by atoms with Crippen LogP contribution in [0.3, 0.4) is 0 Å². The van der Waals surface area contributed by atoms with E-state index in [2.05, 4.69) is 111 Å². The van der Waals surface area contributed by atoms with Gasteiger partial charge < -0.3 is 30.2 Å².